The first-order valence-corrected chi connectivity index (χ1v) is 34.6. The number of rotatable bonds is 7. The van der Waals surface area contributed by atoms with Gasteiger partial charge in [-0.2, -0.15) is 0 Å². The van der Waals surface area contributed by atoms with Crippen molar-refractivity contribution in [3.63, 3.8) is 0 Å². The Hall–Kier alpha value is -12.5. The minimum Gasteiger partial charge on any atom is -0.456 e. The van der Waals surface area contributed by atoms with Gasteiger partial charge in [-0.15, -0.1) is 22.7 Å². The minimum absolute atomic E-state index is 0.736. The molecule has 22 aromatic rings. The second-order valence-electron chi connectivity index (χ2n) is 25.7. The van der Waals surface area contributed by atoms with Crippen LogP contribution in [0.3, 0.4) is 0 Å². The third-order valence-electron chi connectivity index (χ3n) is 20.2. The predicted octanol–water partition coefficient (Wildman–Crippen LogP) is 26.8. The molecule has 0 unspecified atom stereocenters. The molecule has 8 aromatic heterocycles. The van der Waals surface area contributed by atoms with Gasteiger partial charge in [-0.3, -0.25) is 0 Å². The molecule has 0 radical (unpaired) electrons. The average Bonchev–Trinajstić information content (AvgIpc) is 1.27. The van der Waals surface area contributed by atoms with Crippen LogP contribution in [0.1, 0.15) is 0 Å². The highest BCUT2D eigenvalue weighted by molar-refractivity contribution is 7.26. The molecule has 6 nitrogen and oxygen atoms in total. The SMILES string of the molecule is c1ccc2c(-c3cc(-c4cccc5c4sc4ccccc45)cc(-c4cccc5c4sc4ccc(-c6cccc7oc8c(-c9cc(-c%10ccc%11oc%12ccccc%12c%11c%10)cc(-c%10ccc%11oc%12ccccc%12c%11c%10)c9)c9ccccc9nc8c67)cc45)c3)c3oc4ccccc4c3nc2c1. The highest BCUT2D eigenvalue weighted by Crippen LogP contribution is 2.51. The summed E-state index contributed by atoms with van der Waals surface area (Å²) in [6.45, 7) is 0. The van der Waals surface area contributed by atoms with Gasteiger partial charge >= 0.3 is 0 Å². The van der Waals surface area contributed by atoms with E-state index in [4.69, 9.17) is 27.6 Å². The van der Waals surface area contributed by atoms with Crippen molar-refractivity contribution in [2.75, 3.05) is 0 Å². The van der Waals surface area contributed by atoms with Crippen LogP contribution < -0.4 is 0 Å². The molecule has 0 saturated heterocycles. The molecule has 0 aliphatic heterocycles. The standard InChI is InChI=1S/C90H48N2O4S2/c1-7-27-72-66(19-1)82(87-85(91-72)68-21-5-11-31-76(68)95-87)57-44-54(59-23-13-25-64-63-18-6-12-33-80(63)97-89(59)64)43-55(45-57)60-24-14-26-65-71-48-51(36-39-81(71)98-90(60)65)58-22-15-32-79-84(58)86-88(96-79)83(67-20-2-8-28-73(67)92-86)56-41-52(49-34-37-77-69(46-49)61-16-3-9-29-74(61)93-77)40-53(42-56)50-35-38-78-70(47-50)62-17-4-10-30-75(62)94-78/h1-48H. The maximum Gasteiger partial charge on any atom is 0.162 e. The molecule has 0 atom stereocenters. The van der Waals surface area contributed by atoms with E-state index in [1.165, 1.54) is 51.5 Å². The Kier molecular flexibility index (Phi) is 11.3. The van der Waals surface area contributed by atoms with Crippen LogP contribution in [0, 0.1) is 0 Å². The summed E-state index contributed by atoms with van der Waals surface area (Å²) >= 11 is 3.71. The molecule has 0 saturated carbocycles. The molecule has 0 bridgehead atoms. The monoisotopic (exact) mass is 1280 g/mol. The average molecular weight is 1290 g/mol. The van der Waals surface area contributed by atoms with Crippen molar-refractivity contribution in [2.45, 2.75) is 0 Å². The summed E-state index contributed by atoms with van der Waals surface area (Å²) in [4.78, 5) is 10.8. The summed E-state index contributed by atoms with van der Waals surface area (Å²) < 4.78 is 31.9. The number of furan rings is 4. The van der Waals surface area contributed by atoms with Crippen molar-refractivity contribution in [1.82, 2.24) is 9.97 Å². The number of para-hydroxylation sites is 5. The van der Waals surface area contributed by atoms with Crippen LogP contribution in [-0.2, 0) is 0 Å². The van der Waals surface area contributed by atoms with E-state index in [9.17, 15) is 0 Å². The van der Waals surface area contributed by atoms with Crippen molar-refractivity contribution in [2.24, 2.45) is 0 Å². The zero-order valence-corrected chi connectivity index (χ0v) is 53.7. The van der Waals surface area contributed by atoms with Crippen LogP contribution in [0.5, 0.6) is 0 Å². The summed E-state index contributed by atoms with van der Waals surface area (Å²) in [5.74, 6) is 0. The molecule has 0 fully saturated rings. The summed E-state index contributed by atoms with van der Waals surface area (Å²) in [7, 11) is 0. The van der Waals surface area contributed by atoms with Gasteiger partial charge in [0.2, 0.25) is 0 Å². The third-order valence-corrected chi connectivity index (χ3v) is 22.7. The number of nitrogens with zero attached hydrogens (tertiary/aromatic N) is 2. The van der Waals surface area contributed by atoms with E-state index in [2.05, 4.69) is 255 Å². The first-order chi connectivity index (χ1) is 48.5. The number of pyridine rings is 2. The van der Waals surface area contributed by atoms with Crippen LogP contribution in [0.25, 0.3) is 228 Å². The number of hydrogen-bond acceptors (Lipinski definition) is 8. The number of benzene rings is 14. The van der Waals surface area contributed by atoms with Crippen LogP contribution in [0.2, 0.25) is 0 Å². The smallest absolute Gasteiger partial charge is 0.162 e. The molecule has 8 heterocycles. The van der Waals surface area contributed by atoms with Crippen molar-refractivity contribution in [3.05, 3.63) is 291 Å². The summed E-state index contributed by atoms with van der Waals surface area (Å²) in [6, 6.07) is 105. The van der Waals surface area contributed by atoms with Crippen LogP contribution >= 0.6 is 22.7 Å². The van der Waals surface area contributed by atoms with Crippen molar-refractivity contribution in [3.8, 4) is 77.9 Å². The fourth-order valence-corrected chi connectivity index (χ4v) is 18.2. The fourth-order valence-electron chi connectivity index (χ4n) is 15.8. The van der Waals surface area contributed by atoms with Crippen LogP contribution in [-0.4, -0.2) is 9.97 Å². The first-order valence-electron chi connectivity index (χ1n) is 33.0. The van der Waals surface area contributed by atoms with Gasteiger partial charge in [0.15, 0.2) is 11.2 Å². The molecule has 0 aliphatic carbocycles. The molecule has 0 spiro atoms. The molecule has 14 aromatic carbocycles. The van der Waals surface area contributed by atoms with E-state index >= 15 is 0 Å². The maximum atomic E-state index is 7.29. The molecule has 0 aliphatic rings. The molecule has 454 valence electrons. The largest absolute Gasteiger partial charge is 0.456 e. The van der Waals surface area contributed by atoms with E-state index in [1.54, 1.807) is 0 Å². The Morgan fingerprint density at radius 3 is 1.27 bits per heavy atom. The molecule has 22 rings (SSSR count). The topological polar surface area (TPSA) is 78.3 Å². The maximum absolute atomic E-state index is 7.29. The van der Waals surface area contributed by atoms with Crippen LogP contribution in [0.15, 0.2) is 309 Å². The molecule has 8 heteroatoms. The second kappa shape index (κ2) is 20.5. The van der Waals surface area contributed by atoms with E-state index in [1.807, 2.05) is 59.1 Å². The van der Waals surface area contributed by atoms with Gasteiger partial charge in [0.05, 0.1) is 16.4 Å². The second-order valence-corrected chi connectivity index (χ2v) is 27.8. The Morgan fingerprint density at radius 2 is 0.633 bits per heavy atom. The Bertz CT molecular complexity index is 7080. The summed E-state index contributed by atoms with van der Waals surface area (Å²) in [6.07, 6.45) is 0. The predicted molar refractivity (Wildman–Crippen MR) is 410 cm³/mol. The van der Waals surface area contributed by atoms with Gasteiger partial charge in [0, 0.05) is 89.2 Å². The highest BCUT2D eigenvalue weighted by atomic mass is 32.1. The normalized spacial score (nSPS) is 12.3. The van der Waals surface area contributed by atoms with Crippen molar-refractivity contribution < 1.29 is 17.7 Å². The highest BCUT2D eigenvalue weighted by Gasteiger charge is 2.26. The Balaban J connectivity index is 0.730. The molecular formula is C90H48N2O4S2. The van der Waals surface area contributed by atoms with Crippen molar-refractivity contribution >= 4 is 173 Å². The molecule has 0 amide bonds. The van der Waals surface area contributed by atoms with Crippen molar-refractivity contribution in [1.29, 1.82) is 0 Å². The molecule has 0 N–H and O–H groups in total. The lowest BCUT2D eigenvalue weighted by Gasteiger charge is -2.14. The summed E-state index contributed by atoms with van der Waals surface area (Å²) in [5, 5.41) is 13.3. The molecule has 98 heavy (non-hydrogen) atoms. The zero-order chi connectivity index (χ0) is 63.8. The third kappa shape index (κ3) is 8.01. The van der Waals surface area contributed by atoms with Gasteiger partial charge in [-0.05, 0) is 188 Å². The van der Waals surface area contributed by atoms with E-state index in [0.29, 0.717) is 0 Å². The lowest BCUT2D eigenvalue weighted by molar-refractivity contribution is 0.668. The molecular weight excluding hydrogens is 1240 g/mol. The van der Waals surface area contributed by atoms with Gasteiger partial charge in [0.1, 0.15) is 44.5 Å². The minimum atomic E-state index is 0.736. The lowest BCUT2D eigenvalue weighted by Crippen LogP contribution is -1.90. The zero-order valence-electron chi connectivity index (χ0n) is 52.1. The van der Waals surface area contributed by atoms with Gasteiger partial charge < -0.3 is 17.7 Å². The number of hydrogen-bond donors (Lipinski definition) is 0. The van der Waals surface area contributed by atoms with E-state index in [0.717, 1.165) is 177 Å². The summed E-state index contributed by atoms with van der Waals surface area (Å²) in [5.41, 5.74) is 25.2. The Labute approximate surface area is 565 Å². The number of thiophene rings is 2. The van der Waals surface area contributed by atoms with Gasteiger partial charge in [0.25, 0.3) is 0 Å². The lowest BCUT2D eigenvalue weighted by atomic mass is 9.90. The number of aromatic nitrogens is 2. The van der Waals surface area contributed by atoms with E-state index < -0.39 is 0 Å². The Morgan fingerprint density at radius 1 is 0.224 bits per heavy atom. The fraction of sp³-hybridized carbons (Fsp3) is 0. The number of fused-ring (bicyclic) bond motifs is 20. The van der Waals surface area contributed by atoms with E-state index in [-0.39, 0.29) is 0 Å². The quantitative estimate of drug-likeness (QED) is 0.158. The van der Waals surface area contributed by atoms with Gasteiger partial charge in [-0.25, -0.2) is 9.97 Å². The van der Waals surface area contributed by atoms with Gasteiger partial charge in [-0.1, -0.05) is 170 Å². The first kappa shape index (κ1) is 53.9. The van der Waals surface area contributed by atoms with Crippen LogP contribution in [0.4, 0.5) is 0 Å².